The van der Waals surface area contributed by atoms with E-state index in [-0.39, 0.29) is 0 Å². The van der Waals surface area contributed by atoms with Crippen LogP contribution in [0.25, 0.3) is 0 Å². The summed E-state index contributed by atoms with van der Waals surface area (Å²) in [5.41, 5.74) is 2.87. The molecule has 1 atom stereocenters. The average Bonchev–Trinajstić information content (AvgIpc) is 2.28. The summed E-state index contributed by atoms with van der Waals surface area (Å²) in [7, 11) is 0. The summed E-state index contributed by atoms with van der Waals surface area (Å²) in [6, 6.07) is 9.32. The van der Waals surface area contributed by atoms with Gasteiger partial charge in [0.1, 0.15) is 0 Å². The molecule has 0 aromatic heterocycles. The highest BCUT2D eigenvalue weighted by Crippen LogP contribution is 2.38. The van der Waals surface area contributed by atoms with E-state index in [1.807, 2.05) is 0 Å². The normalized spacial score (nSPS) is 17.4. The minimum Gasteiger partial charge on any atom is -0.378 e. The van der Waals surface area contributed by atoms with Crippen LogP contribution >= 0.6 is 0 Å². The minimum absolute atomic E-state index is 0.641. The maximum absolute atomic E-state index is 3.53. The number of rotatable bonds is 7. The zero-order valence-electron chi connectivity index (χ0n) is 10.3. The summed E-state index contributed by atoms with van der Waals surface area (Å²) in [6.07, 6.45) is 9.68. The molecule has 0 amide bonds. The largest absolute Gasteiger partial charge is 0.378 e. The first-order chi connectivity index (χ1) is 7.92. The summed E-state index contributed by atoms with van der Waals surface area (Å²) in [5, 5.41) is 3.53. The monoisotopic (exact) mass is 217 g/mol. The molecule has 1 heteroatoms. The van der Waals surface area contributed by atoms with Crippen molar-refractivity contribution in [3.63, 3.8) is 0 Å². The molecular weight excluding hydrogens is 194 g/mol. The fraction of sp³-hybridized carbons (Fsp3) is 0.600. The van der Waals surface area contributed by atoms with Gasteiger partial charge in [-0.15, -0.1) is 0 Å². The number of para-hydroxylation sites is 1. The van der Waals surface area contributed by atoms with Gasteiger partial charge in [-0.25, -0.2) is 0 Å². The molecule has 0 fully saturated rings. The van der Waals surface area contributed by atoms with Crippen molar-refractivity contribution in [3.8, 4) is 0 Å². The first-order valence-corrected chi connectivity index (χ1v) is 6.77. The van der Waals surface area contributed by atoms with E-state index in [9.17, 15) is 0 Å². The fourth-order valence-corrected chi connectivity index (χ4v) is 2.48. The summed E-state index contributed by atoms with van der Waals surface area (Å²) < 4.78 is 0. The predicted octanol–water partition coefficient (Wildman–Crippen LogP) is 4.90. The zero-order valence-corrected chi connectivity index (χ0v) is 10.3. The smallest absolute Gasteiger partial charge is 0.0534 e. The van der Waals surface area contributed by atoms with Gasteiger partial charge < -0.3 is 5.32 Å². The van der Waals surface area contributed by atoms with Crippen LogP contribution in [0, 0.1) is 0 Å². The van der Waals surface area contributed by atoms with Gasteiger partial charge in [-0.3, -0.25) is 0 Å². The number of hydrogen-bond acceptors (Lipinski definition) is 1. The molecule has 0 aliphatic carbocycles. The Morgan fingerprint density at radius 1 is 1.00 bits per heavy atom. The Balaban J connectivity index is 1.59. The molecule has 1 nitrogen and oxygen atoms in total. The van der Waals surface area contributed by atoms with Crippen LogP contribution in [0.5, 0.6) is 0 Å². The molecule has 1 unspecified atom stereocenters. The summed E-state index contributed by atoms with van der Waals surface area (Å²) in [4.78, 5) is 0. The van der Waals surface area contributed by atoms with Gasteiger partial charge in [-0.1, -0.05) is 63.6 Å². The van der Waals surface area contributed by atoms with E-state index in [1.165, 1.54) is 56.2 Å². The van der Waals surface area contributed by atoms with Gasteiger partial charge in [0, 0.05) is 5.69 Å². The van der Waals surface area contributed by atoms with E-state index in [0.717, 1.165) is 0 Å². The first kappa shape index (κ1) is 11.5. The van der Waals surface area contributed by atoms with Gasteiger partial charge in [0.05, 0.1) is 6.04 Å². The third kappa shape index (κ3) is 2.78. The minimum atomic E-state index is 0.641. The molecule has 88 valence electrons. The summed E-state index contributed by atoms with van der Waals surface area (Å²) in [6.45, 7) is 2.27. The average molecular weight is 217 g/mol. The highest BCUT2D eigenvalue weighted by molar-refractivity contribution is 5.62. The molecule has 0 radical (unpaired) electrons. The Hall–Kier alpha value is -0.980. The standard InChI is InChI=1S/C15H23N/c1-2-3-4-5-6-7-11-14-13-10-8-9-12-15(13)16-14/h8-10,12,14,16H,2-7,11H2,1H3. The Bertz CT molecular complexity index is 319. The highest BCUT2D eigenvalue weighted by Gasteiger charge is 2.23. The van der Waals surface area contributed by atoms with Crippen molar-refractivity contribution in [2.75, 3.05) is 5.32 Å². The van der Waals surface area contributed by atoms with Gasteiger partial charge in [-0.2, -0.15) is 0 Å². The fourth-order valence-electron chi connectivity index (χ4n) is 2.48. The van der Waals surface area contributed by atoms with E-state index in [4.69, 9.17) is 0 Å². The second kappa shape index (κ2) is 5.93. The zero-order chi connectivity index (χ0) is 11.2. The van der Waals surface area contributed by atoms with Crippen molar-refractivity contribution >= 4 is 5.69 Å². The number of nitrogens with one attached hydrogen (secondary N) is 1. The molecule has 1 aromatic rings. The highest BCUT2D eigenvalue weighted by atomic mass is 15.0. The molecule has 1 aromatic carbocycles. The maximum Gasteiger partial charge on any atom is 0.0534 e. The van der Waals surface area contributed by atoms with E-state index >= 15 is 0 Å². The maximum atomic E-state index is 3.53. The van der Waals surface area contributed by atoms with Gasteiger partial charge >= 0.3 is 0 Å². The Labute approximate surface area is 99.3 Å². The molecule has 0 saturated heterocycles. The number of unbranched alkanes of at least 4 members (excludes halogenated alkanes) is 5. The van der Waals surface area contributed by atoms with E-state index < -0.39 is 0 Å². The predicted molar refractivity (Wildman–Crippen MR) is 70.8 cm³/mol. The van der Waals surface area contributed by atoms with Crippen molar-refractivity contribution in [2.24, 2.45) is 0 Å². The quantitative estimate of drug-likeness (QED) is 0.640. The van der Waals surface area contributed by atoms with Crippen LogP contribution in [-0.2, 0) is 0 Å². The second-order valence-electron chi connectivity index (χ2n) is 4.84. The van der Waals surface area contributed by atoms with E-state index in [2.05, 4.69) is 36.5 Å². The van der Waals surface area contributed by atoms with Crippen LogP contribution < -0.4 is 5.32 Å². The molecule has 0 spiro atoms. The van der Waals surface area contributed by atoms with Crippen LogP contribution in [0.15, 0.2) is 24.3 Å². The molecule has 1 heterocycles. The molecule has 1 N–H and O–H groups in total. The lowest BCUT2D eigenvalue weighted by atomic mass is 9.92. The second-order valence-corrected chi connectivity index (χ2v) is 4.84. The van der Waals surface area contributed by atoms with Crippen LogP contribution in [0.2, 0.25) is 0 Å². The lowest BCUT2D eigenvalue weighted by molar-refractivity contribution is 0.550. The van der Waals surface area contributed by atoms with Crippen LogP contribution in [0.1, 0.15) is 63.5 Å². The summed E-state index contributed by atoms with van der Waals surface area (Å²) in [5.74, 6) is 0. The van der Waals surface area contributed by atoms with Crippen LogP contribution in [0.4, 0.5) is 5.69 Å². The van der Waals surface area contributed by atoms with Crippen molar-refractivity contribution in [1.29, 1.82) is 0 Å². The number of anilines is 1. The molecule has 0 saturated carbocycles. The third-order valence-corrected chi connectivity index (χ3v) is 3.51. The van der Waals surface area contributed by atoms with Crippen molar-refractivity contribution < 1.29 is 0 Å². The molecule has 0 bridgehead atoms. The third-order valence-electron chi connectivity index (χ3n) is 3.51. The van der Waals surface area contributed by atoms with E-state index in [0.29, 0.717) is 6.04 Å². The lowest BCUT2D eigenvalue weighted by Gasteiger charge is -2.32. The Kier molecular flexibility index (Phi) is 4.26. The van der Waals surface area contributed by atoms with Gasteiger partial charge in [-0.05, 0) is 18.1 Å². The number of fused-ring (bicyclic) bond motifs is 1. The van der Waals surface area contributed by atoms with E-state index in [1.54, 1.807) is 0 Å². The van der Waals surface area contributed by atoms with Gasteiger partial charge in [0.25, 0.3) is 0 Å². The van der Waals surface area contributed by atoms with Crippen LogP contribution in [0.3, 0.4) is 0 Å². The topological polar surface area (TPSA) is 12.0 Å². The molecule has 1 aliphatic heterocycles. The van der Waals surface area contributed by atoms with Crippen molar-refractivity contribution in [3.05, 3.63) is 29.8 Å². The van der Waals surface area contributed by atoms with Gasteiger partial charge in [0.15, 0.2) is 0 Å². The summed E-state index contributed by atoms with van der Waals surface area (Å²) >= 11 is 0. The molecule has 2 rings (SSSR count). The van der Waals surface area contributed by atoms with Crippen molar-refractivity contribution in [2.45, 2.75) is 57.9 Å². The number of benzene rings is 1. The molecule has 16 heavy (non-hydrogen) atoms. The van der Waals surface area contributed by atoms with Crippen LogP contribution in [-0.4, -0.2) is 0 Å². The first-order valence-electron chi connectivity index (χ1n) is 6.77. The lowest BCUT2D eigenvalue weighted by Crippen LogP contribution is -2.22. The Morgan fingerprint density at radius 2 is 1.75 bits per heavy atom. The molecule has 1 aliphatic rings. The number of hydrogen-bond donors (Lipinski definition) is 1. The molecular formula is C15H23N. The van der Waals surface area contributed by atoms with Gasteiger partial charge in [0.2, 0.25) is 0 Å². The SMILES string of the molecule is CCCCCCCCC1Nc2ccccc21. The Morgan fingerprint density at radius 3 is 2.56 bits per heavy atom. The van der Waals surface area contributed by atoms with Crippen molar-refractivity contribution in [1.82, 2.24) is 0 Å².